The number of amides is 2. The van der Waals surface area contributed by atoms with E-state index in [0.717, 1.165) is 6.42 Å². The van der Waals surface area contributed by atoms with Crippen LogP contribution in [0.3, 0.4) is 0 Å². The van der Waals surface area contributed by atoms with E-state index in [-0.39, 0.29) is 18.2 Å². The van der Waals surface area contributed by atoms with Crippen LogP contribution in [-0.4, -0.2) is 57.4 Å². The third kappa shape index (κ3) is 1.71. The average Bonchev–Trinajstić information content (AvgIpc) is 2.81. The Morgan fingerprint density at radius 1 is 1.50 bits per heavy atom. The van der Waals surface area contributed by atoms with Crippen LogP contribution in [0, 0.1) is 0 Å². The number of carbonyl (C=O) groups excluding carboxylic acids is 2. The quantitative estimate of drug-likeness (QED) is 0.721. The first-order valence-corrected chi connectivity index (χ1v) is 6.26. The van der Waals surface area contributed by atoms with E-state index in [1.807, 2.05) is 0 Å². The van der Waals surface area contributed by atoms with Gasteiger partial charge in [0.05, 0.1) is 12.5 Å². The van der Waals surface area contributed by atoms with E-state index in [2.05, 4.69) is 0 Å². The van der Waals surface area contributed by atoms with Crippen molar-refractivity contribution in [1.82, 2.24) is 9.80 Å². The summed E-state index contributed by atoms with van der Waals surface area (Å²) in [4.78, 5) is 38.1. The minimum absolute atomic E-state index is 0.107. The molecule has 2 amide bonds. The summed E-state index contributed by atoms with van der Waals surface area (Å²) in [5.41, 5.74) is -1.02. The fraction of sp³-hybridized carbons (Fsp3) is 0.750. The Morgan fingerprint density at radius 3 is 2.67 bits per heavy atom. The van der Waals surface area contributed by atoms with Crippen LogP contribution in [0.4, 0.5) is 0 Å². The lowest BCUT2D eigenvalue weighted by Gasteiger charge is -2.34. The molecule has 2 rings (SSSR count). The van der Waals surface area contributed by atoms with E-state index in [1.54, 1.807) is 18.7 Å². The lowest BCUT2D eigenvalue weighted by molar-refractivity contribution is -0.151. The number of aliphatic carboxylic acids is 1. The minimum Gasteiger partial charge on any atom is -0.480 e. The number of rotatable bonds is 3. The maximum absolute atomic E-state index is 12.1. The highest BCUT2D eigenvalue weighted by Gasteiger charge is 2.52. The van der Waals surface area contributed by atoms with Gasteiger partial charge in [0, 0.05) is 13.1 Å². The summed E-state index contributed by atoms with van der Waals surface area (Å²) in [7, 11) is 0. The maximum atomic E-state index is 12.1. The first kappa shape index (κ1) is 13.0. The molecule has 2 heterocycles. The summed E-state index contributed by atoms with van der Waals surface area (Å²) in [6, 6.07) is -0.596. The third-order valence-corrected chi connectivity index (χ3v) is 4.07. The molecular formula is C12H18N2O4. The molecule has 0 spiro atoms. The van der Waals surface area contributed by atoms with Gasteiger partial charge in [-0.1, -0.05) is 0 Å². The summed E-state index contributed by atoms with van der Waals surface area (Å²) in [6.45, 7) is 4.29. The first-order valence-electron chi connectivity index (χ1n) is 6.26. The van der Waals surface area contributed by atoms with Gasteiger partial charge in [-0.2, -0.15) is 0 Å². The van der Waals surface area contributed by atoms with E-state index in [9.17, 15) is 19.5 Å². The number of imide groups is 1. The van der Waals surface area contributed by atoms with Crippen LogP contribution >= 0.6 is 0 Å². The third-order valence-electron chi connectivity index (χ3n) is 4.07. The number of likely N-dealkylation sites (tertiary alicyclic amines) is 2. The van der Waals surface area contributed by atoms with Gasteiger partial charge in [0.2, 0.25) is 11.8 Å². The molecule has 0 aromatic rings. The minimum atomic E-state index is -1.02. The van der Waals surface area contributed by atoms with Gasteiger partial charge < -0.3 is 5.11 Å². The maximum Gasteiger partial charge on any atom is 0.323 e. The van der Waals surface area contributed by atoms with Gasteiger partial charge in [0.25, 0.3) is 0 Å². The zero-order chi connectivity index (χ0) is 13.5. The molecule has 0 saturated carbocycles. The van der Waals surface area contributed by atoms with Crippen molar-refractivity contribution in [3.05, 3.63) is 0 Å². The van der Waals surface area contributed by atoms with Gasteiger partial charge in [-0.3, -0.25) is 24.2 Å². The second-order valence-corrected chi connectivity index (χ2v) is 5.07. The van der Waals surface area contributed by atoms with Gasteiger partial charge in [0.1, 0.15) is 5.54 Å². The zero-order valence-electron chi connectivity index (χ0n) is 10.7. The number of carbonyl (C=O) groups is 3. The molecule has 100 valence electrons. The van der Waals surface area contributed by atoms with Gasteiger partial charge in [0.15, 0.2) is 0 Å². The lowest BCUT2D eigenvalue weighted by Crippen LogP contribution is -2.54. The number of carboxylic acids is 1. The number of likely N-dealkylation sites (N-methyl/N-ethyl adjacent to an activating group) is 1. The highest BCUT2D eigenvalue weighted by Crippen LogP contribution is 2.34. The molecule has 6 heteroatoms. The van der Waals surface area contributed by atoms with Crippen LogP contribution in [-0.2, 0) is 14.4 Å². The summed E-state index contributed by atoms with van der Waals surface area (Å²) in [5.74, 6) is -1.38. The first-order chi connectivity index (χ1) is 8.41. The van der Waals surface area contributed by atoms with Crippen molar-refractivity contribution in [2.45, 2.75) is 44.7 Å². The molecule has 2 saturated heterocycles. The number of carboxylic acid groups (broad SMARTS) is 1. The molecular weight excluding hydrogens is 236 g/mol. The van der Waals surface area contributed by atoms with Gasteiger partial charge in [-0.25, -0.2) is 0 Å². The van der Waals surface area contributed by atoms with Crippen LogP contribution in [0.5, 0.6) is 0 Å². The van der Waals surface area contributed by atoms with Crippen LogP contribution < -0.4 is 0 Å². The summed E-state index contributed by atoms with van der Waals surface area (Å²) in [5, 5.41) is 9.33. The molecule has 2 aliphatic rings. The fourth-order valence-corrected chi connectivity index (χ4v) is 2.95. The normalized spacial score (nSPS) is 33.4. The molecule has 2 fully saturated rings. The molecule has 2 aliphatic heterocycles. The molecule has 6 nitrogen and oxygen atoms in total. The van der Waals surface area contributed by atoms with E-state index in [0.29, 0.717) is 19.5 Å². The molecule has 0 radical (unpaired) electrons. The topological polar surface area (TPSA) is 77.9 Å². The van der Waals surface area contributed by atoms with Crippen molar-refractivity contribution in [2.24, 2.45) is 0 Å². The SMILES string of the molecule is CCN1C(=O)CC(N2CCCC2(C)C(=O)O)C1=O. The van der Waals surface area contributed by atoms with E-state index in [4.69, 9.17) is 0 Å². The van der Waals surface area contributed by atoms with Crippen molar-refractivity contribution < 1.29 is 19.5 Å². The van der Waals surface area contributed by atoms with Gasteiger partial charge in [-0.05, 0) is 26.7 Å². The Labute approximate surface area is 106 Å². The van der Waals surface area contributed by atoms with Crippen LogP contribution in [0.15, 0.2) is 0 Å². The van der Waals surface area contributed by atoms with Crippen LogP contribution in [0.1, 0.15) is 33.1 Å². The van der Waals surface area contributed by atoms with Crippen molar-refractivity contribution in [2.75, 3.05) is 13.1 Å². The Morgan fingerprint density at radius 2 is 2.17 bits per heavy atom. The van der Waals surface area contributed by atoms with Crippen molar-refractivity contribution in [3.8, 4) is 0 Å². The van der Waals surface area contributed by atoms with E-state index < -0.39 is 17.6 Å². The monoisotopic (exact) mass is 254 g/mol. The van der Waals surface area contributed by atoms with Crippen molar-refractivity contribution in [3.63, 3.8) is 0 Å². The van der Waals surface area contributed by atoms with Crippen LogP contribution in [0.2, 0.25) is 0 Å². The van der Waals surface area contributed by atoms with Gasteiger partial charge >= 0.3 is 5.97 Å². The van der Waals surface area contributed by atoms with Crippen molar-refractivity contribution in [1.29, 1.82) is 0 Å². The number of nitrogens with zero attached hydrogens (tertiary/aromatic N) is 2. The van der Waals surface area contributed by atoms with Gasteiger partial charge in [-0.15, -0.1) is 0 Å². The Hall–Kier alpha value is -1.43. The molecule has 0 aliphatic carbocycles. The number of hydrogen-bond donors (Lipinski definition) is 1. The molecule has 1 N–H and O–H groups in total. The molecule has 0 aromatic carbocycles. The summed E-state index contributed by atoms with van der Waals surface area (Å²) < 4.78 is 0. The van der Waals surface area contributed by atoms with Crippen LogP contribution in [0.25, 0.3) is 0 Å². The molecule has 2 atom stereocenters. The lowest BCUT2D eigenvalue weighted by atomic mass is 9.97. The smallest absolute Gasteiger partial charge is 0.323 e. The fourth-order valence-electron chi connectivity index (χ4n) is 2.95. The predicted octanol–water partition coefficient (Wildman–Crippen LogP) is 0.0729. The summed E-state index contributed by atoms with van der Waals surface area (Å²) in [6.07, 6.45) is 1.37. The molecule has 2 unspecified atom stereocenters. The second-order valence-electron chi connectivity index (χ2n) is 5.07. The van der Waals surface area contributed by atoms with E-state index in [1.165, 1.54) is 4.90 Å². The largest absolute Gasteiger partial charge is 0.480 e. The predicted molar refractivity (Wildman–Crippen MR) is 62.8 cm³/mol. The molecule has 18 heavy (non-hydrogen) atoms. The highest BCUT2D eigenvalue weighted by molar-refractivity contribution is 6.05. The second kappa shape index (κ2) is 4.35. The average molecular weight is 254 g/mol. The number of hydrogen-bond acceptors (Lipinski definition) is 4. The Balaban J connectivity index is 2.25. The molecule has 0 aromatic heterocycles. The standard InChI is InChI=1S/C12H18N2O4/c1-3-13-9(15)7-8(10(13)16)14-6-4-5-12(14,2)11(17)18/h8H,3-7H2,1-2H3,(H,17,18). The zero-order valence-corrected chi connectivity index (χ0v) is 10.7. The summed E-state index contributed by atoms with van der Waals surface area (Å²) >= 11 is 0. The highest BCUT2D eigenvalue weighted by atomic mass is 16.4. The van der Waals surface area contributed by atoms with Crippen molar-refractivity contribution >= 4 is 17.8 Å². The molecule has 0 bridgehead atoms. The van der Waals surface area contributed by atoms with E-state index >= 15 is 0 Å². The Kier molecular flexibility index (Phi) is 3.14. The Bertz CT molecular complexity index is 409.